The lowest BCUT2D eigenvalue weighted by molar-refractivity contribution is -0.136. The second-order valence-electron chi connectivity index (χ2n) is 4.14. The topological polar surface area (TPSA) is 151 Å². The predicted molar refractivity (Wildman–Crippen MR) is 78.7 cm³/mol. The fourth-order valence-corrected chi connectivity index (χ4v) is 1.66. The van der Waals surface area contributed by atoms with Crippen LogP contribution in [0.4, 0.5) is 23.3 Å². The predicted octanol–water partition coefficient (Wildman–Crippen LogP) is 0.418. The Kier molecular flexibility index (Phi) is 4.49. The number of nitrogens with one attached hydrogen (secondary N) is 3. The third kappa shape index (κ3) is 4.03. The van der Waals surface area contributed by atoms with Crippen LogP contribution in [0.3, 0.4) is 0 Å². The molecule has 2 rings (SSSR count). The van der Waals surface area contributed by atoms with Crippen molar-refractivity contribution in [3.8, 4) is 0 Å². The van der Waals surface area contributed by atoms with Crippen molar-refractivity contribution in [2.45, 2.75) is 6.42 Å². The summed E-state index contributed by atoms with van der Waals surface area (Å²) in [7, 11) is 0. The summed E-state index contributed by atoms with van der Waals surface area (Å²) in [5.41, 5.74) is 6.23. The number of nitrogens with zero attached hydrogens (tertiary/aromatic N) is 2. The van der Waals surface area contributed by atoms with Crippen LogP contribution in [-0.2, 0) is 11.2 Å². The number of anilines is 4. The van der Waals surface area contributed by atoms with Crippen molar-refractivity contribution in [2.24, 2.45) is 11.7 Å². The van der Waals surface area contributed by atoms with Gasteiger partial charge in [0.1, 0.15) is 11.6 Å². The van der Waals surface area contributed by atoms with Crippen molar-refractivity contribution < 1.29 is 9.90 Å². The first-order valence-corrected chi connectivity index (χ1v) is 6.01. The molecular formula is C12H15N7O2. The maximum atomic E-state index is 10.6. The van der Waals surface area contributed by atoms with E-state index in [1.807, 2.05) is 0 Å². The highest BCUT2D eigenvalue weighted by Gasteiger charge is 2.05. The highest BCUT2D eigenvalue weighted by Crippen LogP contribution is 2.18. The molecule has 8 N–H and O–H groups in total. The van der Waals surface area contributed by atoms with E-state index < -0.39 is 5.97 Å². The number of hydrazine groups is 2. The van der Waals surface area contributed by atoms with Crippen molar-refractivity contribution in [1.29, 1.82) is 0 Å². The lowest BCUT2D eigenvalue weighted by Crippen LogP contribution is -2.14. The molecule has 9 nitrogen and oxygen atoms in total. The van der Waals surface area contributed by atoms with E-state index >= 15 is 0 Å². The van der Waals surface area contributed by atoms with Gasteiger partial charge in [-0.05, 0) is 17.7 Å². The second kappa shape index (κ2) is 6.50. The van der Waals surface area contributed by atoms with Gasteiger partial charge in [-0.15, -0.1) is 0 Å². The van der Waals surface area contributed by atoms with Crippen LogP contribution >= 0.6 is 0 Å². The zero-order valence-corrected chi connectivity index (χ0v) is 11.0. The minimum Gasteiger partial charge on any atom is -0.481 e. The summed E-state index contributed by atoms with van der Waals surface area (Å²) in [5.74, 6) is 10.8. The Morgan fingerprint density at radius 2 is 1.67 bits per heavy atom. The molecule has 2 aromatic rings. The van der Waals surface area contributed by atoms with Gasteiger partial charge in [-0.3, -0.25) is 4.79 Å². The minimum atomic E-state index is -0.876. The second-order valence-corrected chi connectivity index (χ2v) is 4.14. The molecule has 110 valence electrons. The summed E-state index contributed by atoms with van der Waals surface area (Å²) < 4.78 is 0. The van der Waals surface area contributed by atoms with Gasteiger partial charge in [0.2, 0.25) is 5.95 Å². The number of carboxylic acid groups (broad SMARTS) is 1. The van der Waals surface area contributed by atoms with Gasteiger partial charge in [0.05, 0.1) is 6.42 Å². The van der Waals surface area contributed by atoms with E-state index in [1.54, 1.807) is 30.3 Å². The zero-order valence-electron chi connectivity index (χ0n) is 11.0. The molecule has 0 atom stereocenters. The van der Waals surface area contributed by atoms with Crippen LogP contribution in [-0.4, -0.2) is 21.0 Å². The molecule has 0 saturated carbocycles. The lowest BCUT2D eigenvalue weighted by Gasteiger charge is -2.09. The van der Waals surface area contributed by atoms with Crippen molar-refractivity contribution in [3.63, 3.8) is 0 Å². The van der Waals surface area contributed by atoms with Crippen LogP contribution in [0.1, 0.15) is 5.56 Å². The first-order chi connectivity index (χ1) is 10.1. The molecule has 0 bridgehead atoms. The van der Waals surface area contributed by atoms with Gasteiger partial charge in [0.25, 0.3) is 0 Å². The standard InChI is InChI=1S/C12H15N7O2/c13-18-9-6-10(19-14)17-12(16-9)15-8-3-1-7(2-4-8)5-11(20)21/h1-4,6H,5,13-14H2,(H,20,21)(H3,15,16,17,18,19). The maximum absolute atomic E-state index is 10.6. The summed E-state index contributed by atoms with van der Waals surface area (Å²) in [6.07, 6.45) is -0.0232. The molecule has 0 aliphatic heterocycles. The van der Waals surface area contributed by atoms with Crippen LogP contribution in [0.15, 0.2) is 30.3 Å². The average Bonchev–Trinajstić information content (AvgIpc) is 2.48. The quantitative estimate of drug-likeness (QED) is 0.328. The van der Waals surface area contributed by atoms with Crippen LogP contribution in [0.2, 0.25) is 0 Å². The summed E-state index contributed by atoms with van der Waals surface area (Å²) in [5, 5.41) is 11.7. The van der Waals surface area contributed by atoms with E-state index in [-0.39, 0.29) is 6.42 Å². The molecule has 0 amide bonds. The maximum Gasteiger partial charge on any atom is 0.307 e. The highest BCUT2D eigenvalue weighted by molar-refractivity contribution is 5.70. The number of benzene rings is 1. The van der Waals surface area contributed by atoms with Gasteiger partial charge in [-0.25, -0.2) is 11.7 Å². The van der Waals surface area contributed by atoms with Crippen LogP contribution in [0, 0.1) is 0 Å². The number of rotatable bonds is 6. The molecule has 0 unspecified atom stereocenters. The Morgan fingerprint density at radius 1 is 1.10 bits per heavy atom. The number of carboxylic acids is 1. The van der Waals surface area contributed by atoms with Gasteiger partial charge >= 0.3 is 5.97 Å². The fourth-order valence-electron chi connectivity index (χ4n) is 1.66. The molecule has 9 heteroatoms. The average molecular weight is 289 g/mol. The third-order valence-electron chi connectivity index (χ3n) is 2.59. The van der Waals surface area contributed by atoms with Gasteiger partial charge < -0.3 is 21.3 Å². The summed E-state index contributed by atoms with van der Waals surface area (Å²) >= 11 is 0. The van der Waals surface area contributed by atoms with E-state index in [1.165, 1.54) is 0 Å². The fraction of sp³-hybridized carbons (Fsp3) is 0.0833. The third-order valence-corrected chi connectivity index (χ3v) is 2.59. The van der Waals surface area contributed by atoms with Gasteiger partial charge in [0.15, 0.2) is 0 Å². The Hall–Kier alpha value is -2.91. The number of hydrogen-bond acceptors (Lipinski definition) is 8. The number of carbonyl (C=O) groups is 1. The summed E-state index contributed by atoms with van der Waals surface area (Å²) in [4.78, 5) is 18.8. The summed E-state index contributed by atoms with van der Waals surface area (Å²) in [6.45, 7) is 0. The van der Waals surface area contributed by atoms with Crippen LogP contribution < -0.4 is 27.9 Å². The first kappa shape index (κ1) is 14.5. The van der Waals surface area contributed by atoms with E-state index in [0.29, 0.717) is 28.8 Å². The molecule has 1 heterocycles. The van der Waals surface area contributed by atoms with Crippen molar-refractivity contribution in [3.05, 3.63) is 35.9 Å². The van der Waals surface area contributed by atoms with E-state index in [2.05, 4.69) is 26.1 Å². The van der Waals surface area contributed by atoms with E-state index in [4.69, 9.17) is 16.8 Å². The molecule has 0 fully saturated rings. The SMILES string of the molecule is NNc1cc(NN)nc(Nc2ccc(CC(=O)O)cc2)n1. The first-order valence-electron chi connectivity index (χ1n) is 6.01. The van der Waals surface area contributed by atoms with Crippen molar-refractivity contribution in [2.75, 3.05) is 16.2 Å². The number of aromatic nitrogens is 2. The van der Waals surface area contributed by atoms with Crippen molar-refractivity contribution in [1.82, 2.24) is 9.97 Å². The Balaban J connectivity index is 2.15. The number of hydrogen-bond donors (Lipinski definition) is 6. The molecule has 1 aromatic heterocycles. The molecule has 0 saturated heterocycles. The molecule has 0 radical (unpaired) electrons. The Labute approximate surface area is 120 Å². The van der Waals surface area contributed by atoms with Gasteiger partial charge in [-0.1, -0.05) is 12.1 Å². The lowest BCUT2D eigenvalue weighted by atomic mass is 10.1. The number of nitrogen functional groups attached to an aromatic ring is 2. The zero-order chi connectivity index (χ0) is 15.2. The molecule has 0 spiro atoms. The highest BCUT2D eigenvalue weighted by atomic mass is 16.4. The normalized spacial score (nSPS) is 10.0. The van der Waals surface area contributed by atoms with E-state index in [9.17, 15) is 4.79 Å². The molecule has 1 aromatic carbocycles. The van der Waals surface area contributed by atoms with Crippen LogP contribution in [0.25, 0.3) is 0 Å². The number of nitrogens with two attached hydrogens (primary N) is 2. The smallest absolute Gasteiger partial charge is 0.307 e. The van der Waals surface area contributed by atoms with Crippen LogP contribution in [0.5, 0.6) is 0 Å². The molecule has 0 aliphatic carbocycles. The number of aliphatic carboxylic acids is 1. The summed E-state index contributed by atoms with van der Waals surface area (Å²) in [6, 6.07) is 8.44. The molecular weight excluding hydrogens is 274 g/mol. The van der Waals surface area contributed by atoms with E-state index in [0.717, 1.165) is 0 Å². The van der Waals surface area contributed by atoms with Gasteiger partial charge in [0, 0.05) is 11.8 Å². The minimum absolute atomic E-state index is 0.0232. The molecule has 21 heavy (non-hydrogen) atoms. The largest absolute Gasteiger partial charge is 0.481 e. The Morgan fingerprint density at radius 3 is 2.14 bits per heavy atom. The van der Waals surface area contributed by atoms with Gasteiger partial charge in [-0.2, -0.15) is 9.97 Å². The Bertz CT molecular complexity index is 608. The monoisotopic (exact) mass is 289 g/mol. The molecule has 0 aliphatic rings. The van der Waals surface area contributed by atoms with Crippen molar-refractivity contribution >= 4 is 29.2 Å².